The van der Waals surface area contributed by atoms with Crippen LogP contribution in [-0.2, 0) is 11.0 Å². The number of nitrogens with one attached hydrogen (secondary N) is 1. The number of carbonyl (C=O) groups is 1. The molecule has 23 heavy (non-hydrogen) atoms. The van der Waals surface area contributed by atoms with E-state index >= 15 is 0 Å². The topological polar surface area (TPSA) is 38.3 Å². The second-order valence-corrected chi connectivity index (χ2v) is 5.71. The molecule has 0 unspecified atom stereocenters. The number of ether oxygens (including phenoxy) is 1. The number of benzene rings is 2. The van der Waals surface area contributed by atoms with E-state index in [1.54, 1.807) is 19.1 Å². The molecule has 0 radical (unpaired) electrons. The zero-order valence-corrected chi connectivity index (χ0v) is 13.7. The van der Waals surface area contributed by atoms with Crippen LogP contribution < -0.4 is 10.1 Å². The molecular formula is C16H13BrF3NO2. The van der Waals surface area contributed by atoms with E-state index < -0.39 is 17.6 Å². The molecule has 0 atom stereocenters. The van der Waals surface area contributed by atoms with Crippen molar-refractivity contribution in [2.24, 2.45) is 0 Å². The number of halogens is 4. The third-order valence-corrected chi connectivity index (χ3v) is 3.50. The maximum atomic E-state index is 12.9. The summed E-state index contributed by atoms with van der Waals surface area (Å²) in [6.07, 6.45) is -4.53. The van der Waals surface area contributed by atoms with E-state index in [1.807, 2.05) is 6.07 Å². The lowest BCUT2D eigenvalue weighted by molar-refractivity contribution is -0.137. The van der Waals surface area contributed by atoms with Gasteiger partial charge in [-0.05, 0) is 42.8 Å². The first-order valence-corrected chi connectivity index (χ1v) is 7.41. The van der Waals surface area contributed by atoms with Gasteiger partial charge in [-0.3, -0.25) is 4.79 Å². The monoisotopic (exact) mass is 387 g/mol. The summed E-state index contributed by atoms with van der Waals surface area (Å²) >= 11 is 3.31. The van der Waals surface area contributed by atoms with Gasteiger partial charge in [0, 0.05) is 4.47 Å². The third kappa shape index (κ3) is 4.72. The highest BCUT2D eigenvalue weighted by atomic mass is 79.9. The molecule has 7 heteroatoms. The smallest absolute Gasteiger partial charge is 0.418 e. The van der Waals surface area contributed by atoms with Crippen LogP contribution in [0.3, 0.4) is 0 Å². The maximum absolute atomic E-state index is 12.9. The summed E-state index contributed by atoms with van der Waals surface area (Å²) < 4.78 is 44.8. The van der Waals surface area contributed by atoms with E-state index in [4.69, 9.17) is 4.74 Å². The van der Waals surface area contributed by atoms with Crippen molar-refractivity contribution in [2.75, 3.05) is 11.9 Å². The predicted molar refractivity (Wildman–Crippen MR) is 84.4 cm³/mol. The highest BCUT2D eigenvalue weighted by Gasteiger charge is 2.33. The van der Waals surface area contributed by atoms with Gasteiger partial charge >= 0.3 is 6.18 Å². The van der Waals surface area contributed by atoms with Crippen molar-refractivity contribution in [1.82, 2.24) is 0 Å². The molecule has 0 aliphatic carbocycles. The van der Waals surface area contributed by atoms with E-state index in [0.717, 1.165) is 16.1 Å². The summed E-state index contributed by atoms with van der Waals surface area (Å²) in [4.78, 5) is 11.8. The molecule has 0 fully saturated rings. The van der Waals surface area contributed by atoms with Crippen molar-refractivity contribution in [2.45, 2.75) is 13.1 Å². The average Bonchev–Trinajstić information content (AvgIpc) is 2.46. The molecule has 0 saturated heterocycles. The van der Waals surface area contributed by atoms with Crippen LogP contribution in [0.4, 0.5) is 18.9 Å². The van der Waals surface area contributed by atoms with Crippen LogP contribution in [0.15, 0.2) is 46.9 Å². The van der Waals surface area contributed by atoms with E-state index in [1.165, 1.54) is 18.2 Å². The molecule has 1 amide bonds. The fourth-order valence-corrected chi connectivity index (χ4v) is 2.42. The predicted octanol–water partition coefficient (Wildman–Crippen LogP) is 4.79. The molecule has 0 aliphatic heterocycles. The zero-order chi connectivity index (χ0) is 17.0. The normalized spacial score (nSPS) is 11.2. The van der Waals surface area contributed by atoms with Crippen LogP contribution in [-0.4, -0.2) is 12.5 Å². The first kappa shape index (κ1) is 17.3. The van der Waals surface area contributed by atoms with Crippen LogP contribution in [0.1, 0.15) is 11.1 Å². The maximum Gasteiger partial charge on any atom is 0.418 e. The Morgan fingerprint density at radius 2 is 1.91 bits per heavy atom. The molecule has 0 saturated carbocycles. The van der Waals surface area contributed by atoms with Gasteiger partial charge in [0.15, 0.2) is 6.61 Å². The fraction of sp³-hybridized carbons (Fsp3) is 0.188. The van der Waals surface area contributed by atoms with Gasteiger partial charge in [-0.25, -0.2) is 0 Å². The standard InChI is InChI=1S/C16H13BrF3NO2/c1-10-8-11(17)6-7-14(10)23-9-15(22)21-13-5-3-2-4-12(13)16(18,19)20/h2-8H,9H2,1H3,(H,21,22). The molecule has 122 valence electrons. The molecule has 2 aromatic rings. The molecule has 2 rings (SSSR count). The minimum atomic E-state index is -4.53. The number of carbonyl (C=O) groups excluding carboxylic acids is 1. The zero-order valence-electron chi connectivity index (χ0n) is 12.1. The minimum absolute atomic E-state index is 0.291. The Hall–Kier alpha value is -2.02. The second-order valence-electron chi connectivity index (χ2n) is 4.79. The van der Waals surface area contributed by atoms with Gasteiger partial charge in [-0.2, -0.15) is 13.2 Å². The van der Waals surface area contributed by atoms with Crippen LogP contribution >= 0.6 is 15.9 Å². The Morgan fingerprint density at radius 3 is 2.57 bits per heavy atom. The molecule has 0 heterocycles. The van der Waals surface area contributed by atoms with E-state index in [-0.39, 0.29) is 12.3 Å². The quantitative estimate of drug-likeness (QED) is 0.818. The summed E-state index contributed by atoms with van der Waals surface area (Å²) in [5, 5.41) is 2.22. The van der Waals surface area contributed by atoms with Gasteiger partial charge < -0.3 is 10.1 Å². The number of rotatable bonds is 4. The lowest BCUT2D eigenvalue weighted by atomic mass is 10.1. The number of hydrogen-bond donors (Lipinski definition) is 1. The van der Waals surface area contributed by atoms with Crippen molar-refractivity contribution in [3.8, 4) is 5.75 Å². The largest absolute Gasteiger partial charge is 0.483 e. The molecule has 0 spiro atoms. The molecule has 0 aromatic heterocycles. The van der Waals surface area contributed by atoms with Crippen molar-refractivity contribution in [3.63, 3.8) is 0 Å². The van der Waals surface area contributed by atoms with E-state index in [2.05, 4.69) is 21.2 Å². The van der Waals surface area contributed by atoms with Crippen molar-refractivity contribution in [1.29, 1.82) is 0 Å². The lowest BCUT2D eigenvalue weighted by Gasteiger charge is -2.14. The molecule has 1 N–H and O–H groups in total. The third-order valence-electron chi connectivity index (χ3n) is 3.00. The molecule has 0 aliphatic rings. The van der Waals surface area contributed by atoms with Crippen LogP contribution in [0, 0.1) is 6.92 Å². The summed E-state index contributed by atoms with van der Waals surface area (Å²) in [5.74, 6) is -0.170. The first-order valence-electron chi connectivity index (χ1n) is 6.62. The Bertz CT molecular complexity index is 717. The van der Waals surface area contributed by atoms with Crippen molar-refractivity contribution >= 4 is 27.5 Å². The first-order chi connectivity index (χ1) is 10.8. The molecular weight excluding hydrogens is 375 g/mol. The van der Waals surface area contributed by atoms with Crippen LogP contribution in [0.25, 0.3) is 0 Å². The summed E-state index contributed by atoms with van der Waals surface area (Å²) in [7, 11) is 0. The van der Waals surface area contributed by atoms with Gasteiger partial charge in [0.05, 0.1) is 11.3 Å². The molecule has 2 aromatic carbocycles. The van der Waals surface area contributed by atoms with Gasteiger partial charge in [0.1, 0.15) is 5.75 Å². The molecule has 0 bridgehead atoms. The second kappa shape index (κ2) is 7.04. The van der Waals surface area contributed by atoms with Crippen LogP contribution in [0.2, 0.25) is 0 Å². The summed E-state index contributed by atoms with van der Waals surface area (Å²) in [6, 6.07) is 10.0. The summed E-state index contributed by atoms with van der Waals surface area (Å²) in [5.41, 5.74) is -0.378. The van der Waals surface area contributed by atoms with Crippen molar-refractivity contribution < 1.29 is 22.7 Å². The Labute approximate surface area is 139 Å². The summed E-state index contributed by atoms with van der Waals surface area (Å²) in [6.45, 7) is 1.42. The molecule has 3 nitrogen and oxygen atoms in total. The fourth-order valence-electron chi connectivity index (χ4n) is 1.94. The average molecular weight is 388 g/mol. The van der Waals surface area contributed by atoms with Crippen molar-refractivity contribution in [3.05, 3.63) is 58.1 Å². The van der Waals surface area contributed by atoms with Crippen LogP contribution in [0.5, 0.6) is 5.75 Å². The van der Waals surface area contributed by atoms with Gasteiger partial charge in [0.25, 0.3) is 5.91 Å². The number of hydrogen-bond acceptors (Lipinski definition) is 2. The Balaban J connectivity index is 2.03. The minimum Gasteiger partial charge on any atom is -0.483 e. The van der Waals surface area contributed by atoms with E-state index in [0.29, 0.717) is 5.75 Å². The number of amides is 1. The highest BCUT2D eigenvalue weighted by Crippen LogP contribution is 2.34. The van der Waals surface area contributed by atoms with E-state index in [9.17, 15) is 18.0 Å². The SMILES string of the molecule is Cc1cc(Br)ccc1OCC(=O)Nc1ccccc1C(F)(F)F. The number of alkyl halides is 3. The Kier molecular flexibility index (Phi) is 5.30. The lowest BCUT2D eigenvalue weighted by Crippen LogP contribution is -2.22. The highest BCUT2D eigenvalue weighted by molar-refractivity contribution is 9.10. The Morgan fingerprint density at radius 1 is 1.22 bits per heavy atom. The number of anilines is 1. The number of aryl methyl sites for hydroxylation is 1. The number of para-hydroxylation sites is 1. The van der Waals surface area contributed by atoms with Gasteiger partial charge in [-0.15, -0.1) is 0 Å². The van der Waals surface area contributed by atoms with Gasteiger partial charge in [0.2, 0.25) is 0 Å². The van der Waals surface area contributed by atoms with Gasteiger partial charge in [-0.1, -0.05) is 28.1 Å².